The van der Waals surface area contributed by atoms with Crippen molar-refractivity contribution < 1.29 is 14.3 Å². The van der Waals surface area contributed by atoms with Gasteiger partial charge in [-0.3, -0.25) is 4.79 Å². The Morgan fingerprint density at radius 3 is 2.60 bits per heavy atom. The van der Waals surface area contributed by atoms with Crippen LogP contribution in [0.2, 0.25) is 0 Å². The van der Waals surface area contributed by atoms with Crippen molar-refractivity contribution in [3.8, 4) is 5.75 Å². The number of nitrogens with zero attached hydrogens (tertiary/aromatic N) is 1. The highest BCUT2D eigenvalue weighted by Crippen LogP contribution is 2.21. The molecule has 0 atom stereocenters. The van der Waals surface area contributed by atoms with Gasteiger partial charge in [-0.05, 0) is 39.0 Å². The van der Waals surface area contributed by atoms with E-state index in [-0.39, 0.29) is 17.3 Å². The molecule has 4 nitrogen and oxygen atoms in total. The average Bonchev–Trinajstić information content (AvgIpc) is 2.68. The second-order valence-electron chi connectivity index (χ2n) is 4.65. The monoisotopic (exact) mass is 276 g/mol. The highest BCUT2D eigenvalue weighted by atomic mass is 19.1. The minimum atomic E-state index is -0.664. The lowest BCUT2D eigenvalue weighted by Crippen LogP contribution is -2.14. The van der Waals surface area contributed by atoms with Crippen LogP contribution in [0.5, 0.6) is 5.75 Å². The van der Waals surface area contributed by atoms with Gasteiger partial charge in [-0.1, -0.05) is 0 Å². The summed E-state index contributed by atoms with van der Waals surface area (Å²) in [5.41, 5.74) is 2.41. The SMILES string of the molecule is CCn1c(C)cc(C(=O)Nc2ccc(O)cc2F)c1C. The molecule has 0 spiro atoms. The van der Waals surface area contributed by atoms with E-state index < -0.39 is 5.82 Å². The molecular formula is C15H17FN2O2. The minimum absolute atomic E-state index is 0.0501. The van der Waals surface area contributed by atoms with Gasteiger partial charge in [0.2, 0.25) is 0 Å². The van der Waals surface area contributed by atoms with Gasteiger partial charge in [-0.15, -0.1) is 0 Å². The third kappa shape index (κ3) is 2.52. The molecule has 0 aliphatic heterocycles. The highest BCUT2D eigenvalue weighted by Gasteiger charge is 2.16. The largest absolute Gasteiger partial charge is 0.508 e. The summed E-state index contributed by atoms with van der Waals surface area (Å²) in [6, 6.07) is 5.41. The number of benzene rings is 1. The number of carbonyl (C=O) groups excluding carboxylic acids is 1. The molecule has 1 heterocycles. The first-order valence-corrected chi connectivity index (χ1v) is 6.40. The number of aryl methyl sites for hydroxylation is 1. The molecule has 0 fully saturated rings. The van der Waals surface area contributed by atoms with Gasteiger partial charge < -0.3 is 15.0 Å². The molecule has 5 heteroatoms. The number of hydrogen-bond donors (Lipinski definition) is 2. The summed E-state index contributed by atoms with van der Waals surface area (Å²) in [6.07, 6.45) is 0. The Hall–Kier alpha value is -2.30. The van der Waals surface area contributed by atoms with Crippen molar-refractivity contribution in [3.05, 3.63) is 47.0 Å². The first kappa shape index (κ1) is 14.1. The van der Waals surface area contributed by atoms with Crippen molar-refractivity contribution in [3.63, 3.8) is 0 Å². The van der Waals surface area contributed by atoms with Crippen LogP contribution < -0.4 is 5.32 Å². The van der Waals surface area contributed by atoms with Gasteiger partial charge in [0.25, 0.3) is 5.91 Å². The molecule has 2 rings (SSSR count). The van der Waals surface area contributed by atoms with Crippen molar-refractivity contribution in [2.24, 2.45) is 0 Å². The number of aromatic nitrogens is 1. The van der Waals surface area contributed by atoms with Crippen molar-refractivity contribution >= 4 is 11.6 Å². The van der Waals surface area contributed by atoms with Crippen LogP contribution in [-0.4, -0.2) is 15.6 Å². The van der Waals surface area contributed by atoms with Crippen molar-refractivity contribution in [1.29, 1.82) is 0 Å². The van der Waals surface area contributed by atoms with E-state index in [0.29, 0.717) is 5.56 Å². The number of phenolic OH excluding ortho intramolecular Hbond substituents is 1. The predicted octanol–water partition coefficient (Wildman–Crippen LogP) is 3.22. The van der Waals surface area contributed by atoms with Crippen LogP contribution in [0, 0.1) is 19.7 Å². The number of carbonyl (C=O) groups is 1. The van der Waals surface area contributed by atoms with E-state index in [4.69, 9.17) is 5.11 Å². The number of hydrogen-bond acceptors (Lipinski definition) is 2. The zero-order valence-corrected chi connectivity index (χ0v) is 11.7. The third-order valence-corrected chi connectivity index (χ3v) is 3.34. The molecule has 0 unspecified atom stereocenters. The predicted molar refractivity (Wildman–Crippen MR) is 75.6 cm³/mol. The van der Waals surface area contributed by atoms with E-state index in [0.717, 1.165) is 24.0 Å². The number of phenols is 1. The average molecular weight is 276 g/mol. The molecule has 0 saturated heterocycles. The van der Waals surface area contributed by atoms with E-state index in [1.54, 1.807) is 6.07 Å². The molecule has 0 bridgehead atoms. The van der Waals surface area contributed by atoms with E-state index >= 15 is 0 Å². The fourth-order valence-electron chi connectivity index (χ4n) is 2.31. The first-order valence-electron chi connectivity index (χ1n) is 6.40. The van der Waals surface area contributed by atoms with Crippen LogP contribution in [0.4, 0.5) is 10.1 Å². The topological polar surface area (TPSA) is 54.3 Å². The highest BCUT2D eigenvalue weighted by molar-refractivity contribution is 6.05. The zero-order chi connectivity index (χ0) is 14.9. The molecule has 1 aromatic carbocycles. The molecule has 20 heavy (non-hydrogen) atoms. The number of halogens is 1. The van der Waals surface area contributed by atoms with Crippen molar-refractivity contribution in [2.45, 2.75) is 27.3 Å². The molecule has 1 aromatic heterocycles. The minimum Gasteiger partial charge on any atom is -0.508 e. The maximum Gasteiger partial charge on any atom is 0.257 e. The molecule has 106 valence electrons. The molecule has 0 saturated carbocycles. The van der Waals surface area contributed by atoms with Gasteiger partial charge >= 0.3 is 0 Å². The van der Waals surface area contributed by atoms with Gasteiger partial charge in [-0.25, -0.2) is 4.39 Å². The van der Waals surface area contributed by atoms with Crippen LogP contribution >= 0.6 is 0 Å². The third-order valence-electron chi connectivity index (χ3n) is 3.34. The molecule has 0 aliphatic carbocycles. The summed E-state index contributed by atoms with van der Waals surface area (Å²) in [6.45, 7) is 6.56. The Labute approximate surface area is 116 Å². The lowest BCUT2D eigenvalue weighted by molar-refractivity contribution is 0.102. The van der Waals surface area contributed by atoms with Gasteiger partial charge in [-0.2, -0.15) is 0 Å². The summed E-state index contributed by atoms with van der Waals surface area (Å²) < 4.78 is 15.6. The summed E-state index contributed by atoms with van der Waals surface area (Å²) in [4.78, 5) is 12.2. The smallest absolute Gasteiger partial charge is 0.257 e. The Balaban J connectivity index is 2.28. The van der Waals surface area contributed by atoms with Gasteiger partial charge in [0, 0.05) is 24.0 Å². The summed E-state index contributed by atoms with van der Waals surface area (Å²) in [5, 5.41) is 11.7. The Morgan fingerprint density at radius 1 is 1.35 bits per heavy atom. The van der Waals surface area contributed by atoms with Gasteiger partial charge in [0.05, 0.1) is 11.3 Å². The van der Waals surface area contributed by atoms with Gasteiger partial charge in [0.15, 0.2) is 0 Å². The summed E-state index contributed by atoms with van der Waals surface area (Å²) >= 11 is 0. The number of nitrogens with one attached hydrogen (secondary N) is 1. The van der Waals surface area contributed by atoms with Crippen LogP contribution in [-0.2, 0) is 6.54 Å². The zero-order valence-electron chi connectivity index (χ0n) is 11.7. The van der Waals surface area contributed by atoms with E-state index in [1.807, 2.05) is 25.3 Å². The molecule has 0 radical (unpaired) electrons. The fraction of sp³-hybridized carbons (Fsp3) is 0.267. The summed E-state index contributed by atoms with van der Waals surface area (Å²) in [5.74, 6) is -1.20. The Morgan fingerprint density at radius 2 is 2.05 bits per heavy atom. The number of rotatable bonds is 3. The Kier molecular flexibility index (Phi) is 3.79. The quantitative estimate of drug-likeness (QED) is 0.846. The van der Waals surface area contributed by atoms with Crippen LogP contribution in [0.15, 0.2) is 24.3 Å². The number of aromatic hydroxyl groups is 1. The lowest BCUT2D eigenvalue weighted by atomic mass is 10.2. The second kappa shape index (κ2) is 5.36. The molecule has 2 N–H and O–H groups in total. The van der Waals surface area contributed by atoms with E-state index in [9.17, 15) is 9.18 Å². The number of amides is 1. The molecule has 0 aliphatic rings. The summed E-state index contributed by atoms with van der Waals surface area (Å²) in [7, 11) is 0. The first-order chi connectivity index (χ1) is 9.43. The molecular weight excluding hydrogens is 259 g/mol. The fourth-order valence-corrected chi connectivity index (χ4v) is 2.31. The maximum atomic E-state index is 13.6. The van der Waals surface area contributed by atoms with Crippen molar-refractivity contribution in [1.82, 2.24) is 4.57 Å². The standard InChI is InChI=1S/C15H17FN2O2/c1-4-18-9(2)7-12(10(18)3)15(20)17-14-6-5-11(19)8-13(14)16/h5-8,19H,4H2,1-3H3,(H,17,20). The van der Waals surface area contributed by atoms with Gasteiger partial charge in [0.1, 0.15) is 11.6 Å². The van der Waals surface area contributed by atoms with Crippen LogP contribution in [0.25, 0.3) is 0 Å². The Bertz CT molecular complexity index is 662. The number of anilines is 1. The lowest BCUT2D eigenvalue weighted by Gasteiger charge is -2.08. The second-order valence-corrected chi connectivity index (χ2v) is 4.65. The normalized spacial score (nSPS) is 10.6. The van der Waals surface area contributed by atoms with Crippen LogP contribution in [0.3, 0.4) is 0 Å². The van der Waals surface area contributed by atoms with E-state index in [2.05, 4.69) is 5.32 Å². The van der Waals surface area contributed by atoms with Crippen molar-refractivity contribution in [2.75, 3.05) is 5.32 Å². The van der Waals surface area contributed by atoms with E-state index in [1.165, 1.54) is 12.1 Å². The maximum absolute atomic E-state index is 13.6. The van der Waals surface area contributed by atoms with Crippen LogP contribution in [0.1, 0.15) is 28.7 Å². The molecule has 1 amide bonds. The molecule has 2 aromatic rings.